The summed E-state index contributed by atoms with van der Waals surface area (Å²) in [6.07, 6.45) is 1.73. The molecule has 0 bridgehead atoms. The van der Waals surface area contributed by atoms with Crippen molar-refractivity contribution in [1.82, 2.24) is 0 Å². The molecule has 0 aliphatic heterocycles. The molecule has 0 heterocycles. The minimum atomic E-state index is -1.90. The summed E-state index contributed by atoms with van der Waals surface area (Å²) in [6.45, 7) is 10.5. The molecule has 0 unspecified atom stereocenters. The zero-order valence-electron chi connectivity index (χ0n) is 7.91. The molecule has 0 radical (unpaired) electrons. The van der Waals surface area contributed by atoms with E-state index in [4.69, 9.17) is 0 Å². The van der Waals surface area contributed by atoms with Crippen molar-refractivity contribution in [3.63, 3.8) is 0 Å². The molecular formula is C10H18Sn. The first-order valence-corrected chi connectivity index (χ1v) is 11.9. The van der Waals surface area contributed by atoms with E-state index in [1.807, 2.05) is 0 Å². The van der Waals surface area contributed by atoms with Crippen LogP contribution in [0.15, 0.2) is 12.7 Å². The fraction of sp³-hybridized carbons (Fsp3) is 0.600. The second-order valence-electron chi connectivity index (χ2n) is 2.81. The quantitative estimate of drug-likeness (QED) is 0.537. The standard InChI is InChI=1S/C4H3.3C2H5.Sn/c1-3-4-2;3*1-2;/h3H,1H2;3*1H2,2H3;. The van der Waals surface area contributed by atoms with Crippen LogP contribution < -0.4 is 0 Å². The van der Waals surface area contributed by atoms with Gasteiger partial charge >= 0.3 is 75.0 Å². The number of hydrogen-bond acceptors (Lipinski definition) is 0. The van der Waals surface area contributed by atoms with Crippen molar-refractivity contribution < 1.29 is 0 Å². The van der Waals surface area contributed by atoms with Gasteiger partial charge in [0.1, 0.15) is 0 Å². The van der Waals surface area contributed by atoms with Gasteiger partial charge in [-0.2, -0.15) is 0 Å². The zero-order chi connectivity index (χ0) is 8.74. The number of hydrogen-bond donors (Lipinski definition) is 0. The van der Waals surface area contributed by atoms with Gasteiger partial charge in [-0.1, -0.05) is 0 Å². The molecule has 0 fully saturated rings. The molecule has 1 heteroatoms. The molecule has 0 saturated heterocycles. The Morgan fingerprint density at radius 3 is 1.91 bits per heavy atom. The Morgan fingerprint density at radius 2 is 1.64 bits per heavy atom. The van der Waals surface area contributed by atoms with Gasteiger partial charge in [-0.05, 0) is 0 Å². The Labute approximate surface area is 75.0 Å². The summed E-state index contributed by atoms with van der Waals surface area (Å²) in [7, 11) is 0. The topological polar surface area (TPSA) is 0 Å². The van der Waals surface area contributed by atoms with Crippen LogP contribution >= 0.6 is 0 Å². The van der Waals surface area contributed by atoms with Gasteiger partial charge in [0, 0.05) is 0 Å². The maximum atomic E-state index is 3.63. The molecule has 0 aliphatic rings. The van der Waals surface area contributed by atoms with Crippen LogP contribution in [0.1, 0.15) is 20.8 Å². The molecule has 0 N–H and O–H groups in total. The van der Waals surface area contributed by atoms with Crippen LogP contribution in [0.25, 0.3) is 0 Å². The van der Waals surface area contributed by atoms with Gasteiger partial charge in [0.2, 0.25) is 0 Å². The third kappa shape index (κ3) is 3.33. The third-order valence-electron chi connectivity index (χ3n) is 2.47. The molecule has 62 valence electrons. The van der Waals surface area contributed by atoms with E-state index in [1.165, 1.54) is 13.3 Å². The fourth-order valence-corrected chi connectivity index (χ4v) is 8.18. The van der Waals surface area contributed by atoms with Crippen LogP contribution in [-0.2, 0) is 0 Å². The fourth-order valence-electron chi connectivity index (χ4n) is 1.22. The Hall–Kier alpha value is 0.0987. The Balaban J connectivity index is 4.40. The van der Waals surface area contributed by atoms with Crippen molar-refractivity contribution in [2.75, 3.05) is 0 Å². The van der Waals surface area contributed by atoms with Gasteiger partial charge in [-0.3, -0.25) is 0 Å². The van der Waals surface area contributed by atoms with Gasteiger partial charge in [0.15, 0.2) is 0 Å². The van der Waals surface area contributed by atoms with E-state index >= 15 is 0 Å². The second-order valence-corrected chi connectivity index (χ2v) is 16.9. The van der Waals surface area contributed by atoms with Crippen molar-refractivity contribution in [3.05, 3.63) is 12.7 Å². The van der Waals surface area contributed by atoms with E-state index in [2.05, 4.69) is 37.2 Å². The molecule has 0 nitrogen and oxygen atoms in total. The van der Waals surface area contributed by atoms with E-state index in [-0.39, 0.29) is 0 Å². The first kappa shape index (κ1) is 11.1. The van der Waals surface area contributed by atoms with Crippen molar-refractivity contribution in [2.24, 2.45) is 0 Å². The molecule has 0 aromatic rings. The van der Waals surface area contributed by atoms with Gasteiger partial charge in [-0.25, -0.2) is 0 Å². The Kier molecular flexibility index (Phi) is 5.76. The summed E-state index contributed by atoms with van der Waals surface area (Å²) in [6, 6.07) is 0. The average Bonchev–Trinajstić information content (AvgIpc) is 2.08. The second kappa shape index (κ2) is 5.71. The molecule has 0 saturated carbocycles. The van der Waals surface area contributed by atoms with E-state index in [1.54, 1.807) is 6.08 Å². The van der Waals surface area contributed by atoms with E-state index in [9.17, 15) is 0 Å². The Morgan fingerprint density at radius 1 is 1.18 bits per heavy atom. The minimum absolute atomic E-state index is 1.35. The third-order valence-corrected chi connectivity index (χ3v) is 16.0. The van der Waals surface area contributed by atoms with Crippen LogP contribution in [0.2, 0.25) is 13.3 Å². The average molecular weight is 257 g/mol. The van der Waals surface area contributed by atoms with Crippen LogP contribution in [0, 0.1) is 9.86 Å². The molecular weight excluding hydrogens is 239 g/mol. The predicted molar refractivity (Wildman–Crippen MR) is 55.2 cm³/mol. The van der Waals surface area contributed by atoms with Gasteiger partial charge in [0.05, 0.1) is 0 Å². The molecule has 0 rings (SSSR count). The van der Waals surface area contributed by atoms with Gasteiger partial charge in [0.25, 0.3) is 0 Å². The summed E-state index contributed by atoms with van der Waals surface area (Å²) < 4.78 is 7.52. The van der Waals surface area contributed by atoms with E-state index in [0.717, 1.165) is 0 Å². The molecule has 0 aromatic heterocycles. The van der Waals surface area contributed by atoms with Gasteiger partial charge in [-0.15, -0.1) is 0 Å². The summed E-state index contributed by atoms with van der Waals surface area (Å²) in [5.74, 6) is 3.05. The predicted octanol–water partition coefficient (Wildman–Crippen LogP) is 3.22. The summed E-state index contributed by atoms with van der Waals surface area (Å²) >= 11 is -1.90. The molecule has 0 aliphatic carbocycles. The number of rotatable bonds is 3. The maximum absolute atomic E-state index is 3.63. The van der Waals surface area contributed by atoms with Crippen molar-refractivity contribution in [1.29, 1.82) is 0 Å². The van der Waals surface area contributed by atoms with Crippen molar-refractivity contribution in [2.45, 2.75) is 34.1 Å². The Bertz CT molecular complexity index is 159. The monoisotopic (exact) mass is 258 g/mol. The molecule has 11 heavy (non-hydrogen) atoms. The summed E-state index contributed by atoms with van der Waals surface area (Å²) in [5, 5.41) is 0. The van der Waals surface area contributed by atoms with Crippen LogP contribution in [0.5, 0.6) is 0 Å². The van der Waals surface area contributed by atoms with E-state index < -0.39 is 18.4 Å². The van der Waals surface area contributed by atoms with Crippen LogP contribution in [-0.4, -0.2) is 18.4 Å². The van der Waals surface area contributed by atoms with Crippen LogP contribution in [0.4, 0.5) is 0 Å². The normalized spacial score (nSPS) is 10.1. The zero-order valence-corrected chi connectivity index (χ0v) is 10.8. The number of allylic oxidation sites excluding steroid dienone is 1. The summed E-state index contributed by atoms with van der Waals surface area (Å²) in [4.78, 5) is 0. The molecule has 0 aromatic carbocycles. The van der Waals surface area contributed by atoms with Crippen LogP contribution in [0.3, 0.4) is 0 Å². The van der Waals surface area contributed by atoms with Crippen molar-refractivity contribution >= 4 is 18.4 Å². The molecule has 0 atom stereocenters. The summed E-state index contributed by atoms with van der Waals surface area (Å²) in [5.41, 5.74) is 0. The first-order valence-electron chi connectivity index (χ1n) is 4.38. The SMILES string of the molecule is C=CC#[C][Sn]([CH2]C)([CH2]C)[CH2]C. The molecule has 0 spiro atoms. The first-order chi connectivity index (χ1) is 5.24. The van der Waals surface area contributed by atoms with E-state index in [0.29, 0.717) is 0 Å². The molecule has 0 amide bonds. The van der Waals surface area contributed by atoms with Gasteiger partial charge < -0.3 is 0 Å². The van der Waals surface area contributed by atoms with Crippen molar-refractivity contribution in [3.8, 4) is 9.86 Å².